The molecule has 0 bridgehead atoms. The summed E-state index contributed by atoms with van der Waals surface area (Å²) in [5, 5.41) is 6.97. The third-order valence-corrected chi connectivity index (χ3v) is 3.43. The molecule has 0 spiro atoms. The van der Waals surface area contributed by atoms with Gasteiger partial charge in [-0.25, -0.2) is 0 Å². The van der Waals surface area contributed by atoms with Crippen LogP contribution in [0.15, 0.2) is 6.20 Å². The third-order valence-electron chi connectivity index (χ3n) is 3.13. The van der Waals surface area contributed by atoms with Crippen molar-refractivity contribution in [2.75, 3.05) is 0 Å². The van der Waals surface area contributed by atoms with E-state index in [0.29, 0.717) is 5.15 Å². The first-order valence-corrected chi connectivity index (χ1v) is 5.26. The molecule has 0 radical (unpaired) electrons. The van der Waals surface area contributed by atoms with Gasteiger partial charge < -0.3 is 9.31 Å². The summed E-state index contributed by atoms with van der Waals surface area (Å²) in [6, 6.07) is 0. The summed E-state index contributed by atoms with van der Waals surface area (Å²) < 4.78 is 11.6. The van der Waals surface area contributed by atoms with Gasteiger partial charge >= 0.3 is 7.12 Å². The lowest BCUT2D eigenvalue weighted by Crippen LogP contribution is -2.41. The fourth-order valence-corrected chi connectivity index (χ4v) is 1.60. The Labute approximate surface area is 94.4 Å². The average molecular weight is 228 g/mol. The molecule has 6 heteroatoms. The van der Waals surface area contributed by atoms with Crippen molar-refractivity contribution < 1.29 is 9.31 Å². The Kier molecular flexibility index (Phi) is 2.37. The lowest BCUT2D eigenvalue weighted by Gasteiger charge is -2.32. The summed E-state index contributed by atoms with van der Waals surface area (Å²) in [5.74, 6) is 0. The van der Waals surface area contributed by atoms with Crippen LogP contribution in [-0.4, -0.2) is 28.5 Å². The molecule has 1 aromatic rings. The number of hydrogen-bond acceptors (Lipinski definition) is 3. The van der Waals surface area contributed by atoms with Crippen molar-refractivity contribution in [2.45, 2.75) is 38.9 Å². The van der Waals surface area contributed by atoms with E-state index in [1.54, 1.807) is 6.20 Å². The van der Waals surface area contributed by atoms with Gasteiger partial charge in [0.1, 0.15) is 5.15 Å². The second-order valence-corrected chi connectivity index (χ2v) is 5.11. The normalized spacial score (nSPS) is 23.4. The largest absolute Gasteiger partial charge is 0.499 e. The molecule has 0 saturated carbocycles. The number of nitrogens with zero attached hydrogens (tertiary/aromatic N) is 1. The van der Waals surface area contributed by atoms with Gasteiger partial charge in [0.25, 0.3) is 0 Å². The molecule has 2 rings (SSSR count). The number of aromatic nitrogens is 2. The van der Waals surface area contributed by atoms with E-state index in [-0.39, 0.29) is 11.2 Å². The molecule has 82 valence electrons. The van der Waals surface area contributed by atoms with Gasteiger partial charge in [0.2, 0.25) is 0 Å². The van der Waals surface area contributed by atoms with Crippen LogP contribution in [0.1, 0.15) is 27.7 Å². The van der Waals surface area contributed by atoms with Gasteiger partial charge in [-0.3, -0.25) is 5.10 Å². The van der Waals surface area contributed by atoms with Gasteiger partial charge in [0.15, 0.2) is 0 Å². The van der Waals surface area contributed by atoms with Crippen LogP contribution in [0, 0.1) is 0 Å². The van der Waals surface area contributed by atoms with Crippen LogP contribution in [0.25, 0.3) is 0 Å². The van der Waals surface area contributed by atoms with Crippen molar-refractivity contribution >= 4 is 24.2 Å². The van der Waals surface area contributed by atoms with Crippen LogP contribution >= 0.6 is 11.6 Å². The first kappa shape index (κ1) is 11.0. The maximum absolute atomic E-state index is 5.93. The van der Waals surface area contributed by atoms with Gasteiger partial charge in [-0.2, -0.15) is 5.10 Å². The molecule has 1 fully saturated rings. The first-order chi connectivity index (χ1) is 6.83. The van der Waals surface area contributed by atoms with E-state index in [1.165, 1.54) is 0 Å². The number of nitrogens with one attached hydrogen (secondary N) is 1. The molecular formula is C9H14BClN2O2. The molecule has 1 N–H and O–H groups in total. The van der Waals surface area contributed by atoms with E-state index >= 15 is 0 Å². The molecule has 15 heavy (non-hydrogen) atoms. The molecular weight excluding hydrogens is 214 g/mol. The van der Waals surface area contributed by atoms with Crippen LogP contribution in [-0.2, 0) is 9.31 Å². The van der Waals surface area contributed by atoms with Crippen molar-refractivity contribution in [1.82, 2.24) is 10.2 Å². The third kappa shape index (κ3) is 1.69. The Morgan fingerprint density at radius 3 is 2.20 bits per heavy atom. The molecule has 0 aliphatic carbocycles. The van der Waals surface area contributed by atoms with Gasteiger partial charge in [-0.1, -0.05) is 11.6 Å². The Balaban J connectivity index is 2.27. The highest BCUT2D eigenvalue weighted by atomic mass is 35.5. The molecule has 0 aromatic carbocycles. The lowest BCUT2D eigenvalue weighted by atomic mass is 9.82. The van der Waals surface area contributed by atoms with E-state index in [9.17, 15) is 0 Å². The average Bonchev–Trinajstić information content (AvgIpc) is 2.55. The Morgan fingerprint density at radius 2 is 1.80 bits per heavy atom. The number of aromatic amines is 1. The molecule has 0 amide bonds. The SMILES string of the molecule is CC1(C)OB(c2cn[nH]c2Cl)OC1(C)C. The zero-order valence-electron chi connectivity index (χ0n) is 9.30. The highest BCUT2D eigenvalue weighted by Crippen LogP contribution is 2.36. The fourth-order valence-electron chi connectivity index (χ4n) is 1.41. The Morgan fingerprint density at radius 1 is 1.27 bits per heavy atom. The van der Waals surface area contributed by atoms with Gasteiger partial charge in [-0.15, -0.1) is 0 Å². The van der Waals surface area contributed by atoms with Crippen molar-refractivity contribution in [3.63, 3.8) is 0 Å². The molecule has 1 aromatic heterocycles. The van der Waals surface area contributed by atoms with Gasteiger partial charge in [-0.05, 0) is 27.7 Å². The lowest BCUT2D eigenvalue weighted by molar-refractivity contribution is 0.00578. The second kappa shape index (κ2) is 3.24. The van der Waals surface area contributed by atoms with E-state index in [4.69, 9.17) is 20.9 Å². The maximum Gasteiger partial charge on any atom is 0.499 e. The molecule has 0 unspecified atom stereocenters. The summed E-state index contributed by atoms with van der Waals surface area (Å²) >= 11 is 5.93. The highest BCUT2D eigenvalue weighted by molar-refractivity contribution is 6.65. The van der Waals surface area contributed by atoms with Gasteiger partial charge in [0, 0.05) is 5.46 Å². The van der Waals surface area contributed by atoms with Crippen LogP contribution in [0.4, 0.5) is 0 Å². The number of hydrogen-bond donors (Lipinski definition) is 1. The molecule has 4 nitrogen and oxygen atoms in total. The minimum Gasteiger partial charge on any atom is -0.399 e. The van der Waals surface area contributed by atoms with E-state index in [2.05, 4.69) is 10.2 Å². The highest BCUT2D eigenvalue weighted by Gasteiger charge is 2.52. The van der Waals surface area contributed by atoms with E-state index < -0.39 is 7.12 Å². The zero-order chi connectivity index (χ0) is 11.3. The zero-order valence-corrected chi connectivity index (χ0v) is 10.1. The number of H-pyrrole nitrogens is 1. The molecule has 1 aliphatic heterocycles. The maximum atomic E-state index is 5.93. The topological polar surface area (TPSA) is 47.1 Å². The number of halogens is 1. The second-order valence-electron chi connectivity index (χ2n) is 4.73. The molecule has 2 heterocycles. The minimum atomic E-state index is -0.443. The fraction of sp³-hybridized carbons (Fsp3) is 0.667. The van der Waals surface area contributed by atoms with Crippen molar-refractivity contribution in [3.05, 3.63) is 11.3 Å². The smallest absolute Gasteiger partial charge is 0.399 e. The van der Waals surface area contributed by atoms with Crippen molar-refractivity contribution in [3.8, 4) is 0 Å². The van der Waals surface area contributed by atoms with Crippen molar-refractivity contribution in [2.24, 2.45) is 0 Å². The van der Waals surface area contributed by atoms with Crippen LogP contribution in [0.2, 0.25) is 5.15 Å². The Bertz CT molecular complexity index is 362. The molecule has 1 aliphatic rings. The predicted molar refractivity (Wildman–Crippen MR) is 59.3 cm³/mol. The predicted octanol–water partition coefficient (Wildman–Crippen LogP) is 1.36. The van der Waals surface area contributed by atoms with E-state index in [0.717, 1.165) is 5.46 Å². The summed E-state index contributed by atoms with van der Waals surface area (Å²) in [6.45, 7) is 8.00. The monoisotopic (exact) mass is 228 g/mol. The molecule has 0 atom stereocenters. The first-order valence-electron chi connectivity index (χ1n) is 4.88. The quantitative estimate of drug-likeness (QED) is 0.739. The number of rotatable bonds is 1. The summed E-state index contributed by atoms with van der Waals surface area (Å²) in [6.07, 6.45) is 1.63. The summed E-state index contributed by atoms with van der Waals surface area (Å²) in [5.41, 5.74) is 0.0478. The van der Waals surface area contributed by atoms with Crippen LogP contribution < -0.4 is 5.46 Å². The van der Waals surface area contributed by atoms with E-state index in [1.807, 2.05) is 27.7 Å². The van der Waals surface area contributed by atoms with Crippen LogP contribution in [0.5, 0.6) is 0 Å². The Hall–Kier alpha value is -0.515. The summed E-state index contributed by atoms with van der Waals surface area (Å²) in [7, 11) is -0.443. The summed E-state index contributed by atoms with van der Waals surface area (Å²) in [4.78, 5) is 0. The van der Waals surface area contributed by atoms with Crippen LogP contribution in [0.3, 0.4) is 0 Å². The van der Waals surface area contributed by atoms with Gasteiger partial charge in [0.05, 0.1) is 17.4 Å². The molecule has 1 saturated heterocycles. The minimum absolute atomic E-state index is 0.349. The standard InChI is InChI=1S/C9H14BClN2O2/c1-8(2)9(3,4)15-10(14-8)6-5-12-13-7(6)11/h5H,1-4H3,(H,12,13). The van der Waals surface area contributed by atoms with Crippen molar-refractivity contribution in [1.29, 1.82) is 0 Å².